The number of unbranched alkanes of at least 4 members (excludes halogenated alkanes) is 12. The Bertz CT molecular complexity index is 471. The highest BCUT2D eigenvalue weighted by Gasteiger charge is 2.27. The second-order valence-electron chi connectivity index (χ2n) is 8.86. The zero-order chi connectivity index (χ0) is 20.0. The fourth-order valence-corrected chi connectivity index (χ4v) is 4.14. The minimum atomic E-state index is 0.0573. The Kier molecular flexibility index (Phi) is 12.7. The molecule has 27 heavy (non-hydrogen) atoms. The largest absolute Gasteiger partial charge is 0.385 e. The minimum Gasteiger partial charge on any atom is -0.385 e. The van der Waals surface area contributed by atoms with Crippen LogP contribution in [0.4, 0.5) is 0 Å². The van der Waals surface area contributed by atoms with Gasteiger partial charge in [-0.25, -0.2) is 0 Å². The van der Waals surface area contributed by atoms with Crippen LogP contribution in [0.3, 0.4) is 0 Å². The van der Waals surface area contributed by atoms with E-state index in [-0.39, 0.29) is 11.2 Å². The molecule has 156 valence electrons. The Hall–Kier alpha value is -0.890. The molecular formula is C25H44O2. The monoisotopic (exact) mass is 376 g/mol. The van der Waals surface area contributed by atoms with E-state index in [2.05, 4.69) is 19.9 Å². The van der Waals surface area contributed by atoms with E-state index >= 15 is 0 Å². The van der Waals surface area contributed by atoms with Gasteiger partial charge in [0.05, 0.1) is 0 Å². The summed E-state index contributed by atoms with van der Waals surface area (Å²) >= 11 is 0. The number of rotatable bonds is 16. The van der Waals surface area contributed by atoms with Crippen LogP contribution in [-0.4, -0.2) is 19.5 Å². The second-order valence-corrected chi connectivity index (χ2v) is 8.86. The van der Waals surface area contributed by atoms with Crippen molar-refractivity contribution in [2.24, 2.45) is 5.41 Å². The topological polar surface area (TPSA) is 26.3 Å². The lowest BCUT2D eigenvalue weighted by Gasteiger charge is -2.29. The molecule has 0 unspecified atom stereocenters. The molecule has 0 saturated heterocycles. The van der Waals surface area contributed by atoms with Crippen molar-refractivity contribution in [3.8, 4) is 0 Å². The second kappa shape index (κ2) is 14.2. The van der Waals surface area contributed by atoms with Crippen LogP contribution in [0.5, 0.6) is 0 Å². The van der Waals surface area contributed by atoms with E-state index in [1.165, 1.54) is 89.0 Å². The first-order valence-corrected chi connectivity index (χ1v) is 11.4. The van der Waals surface area contributed by atoms with E-state index in [1.807, 2.05) is 6.92 Å². The summed E-state index contributed by atoms with van der Waals surface area (Å²) in [6.07, 6.45) is 22.5. The Balaban J connectivity index is 1.94. The number of ether oxygens (including phenoxy) is 1. The molecule has 0 fully saturated rings. The van der Waals surface area contributed by atoms with Crippen molar-refractivity contribution < 1.29 is 9.53 Å². The van der Waals surface area contributed by atoms with Crippen LogP contribution < -0.4 is 0 Å². The molecule has 1 rings (SSSR count). The van der Waals surface area contributed by atoms with Gasteiger partial charge in [-0.05, 0) is 37.8 Å². The van der Waals surface area contributed by atoms with Crippen molar-refractivity contribution in [3.63, 3.8) is 0 Å². The van der Waals surface area contributed by atoms with Crippen molar-refractivity contribution in [1.29, 1.82) is 0 Å². The Morgan fingerprint density at radius 2 is 1.22 bits per heavy atom. The van der Waals surface area contributed by atoms with Crippen molar-refractivity contribution >= 4 is 5.78 Å². The normalized spacial score (nSPS) is 16.4. The zero-order valence-corrected chi connectivity index (χ0v) is 18.6. The molecule has 0 aliphatic heterocycles. The smallest absolute Gasteiger partial charge is 0.181 e. The first-order chi connectivity index (χ1) is 13.0. The number of allylic oxidation sites excluding steroid dienone is 4. The van der Waals surface area contributed by atoms with Gasteiger partial charge in [0, 0.05) is 19.1 Å². The summed E-state index contributed by atoms with van der Waals surface area (Å²) in [4.78, 5) is 11.9. The summed E-state index contributed by atoms with van der Waals surface area (Å²) in [6.45, 7) is 7.38. The number of carbonyl (C=O) groups excluding carboxylic acids is 1. The van der Waals surface area contributed by atoms with Crippen molar-refractivity contribution in [2.75, 3.05) is 13.7 Å². The van der Waals surface area contributed by atoms with E-state index in [0.29, 0.717) is 0 Å². The molecule has 0 aromatic heterocycles. The lowest BCUT2D eigenvalue weighted by atomic mass is 9.75. The van der Waals surface area contributed by atoms with Gasteiger partial charge in [0.2, 0.25) is 0 Å². The average Bonchev–Trinajstić information content (AvgIpc) is 2.64. The molecule has 0 spiro atoms. The highest BCUT2D eigenvalue weighted by atomic mass is 16.5. The molecule has 0 amide bonds. The molecular weight excluding hydrogens is 332 g/mol. The van der Waals surface area contributed by atoms with E-state index < -0.39 is 0 Å². The Labute approximate surface area is 168 Å². The van der Waals surface area contributed by atoms with E-state index in [1.54, 1.807) is 13.2 Å². The fraction of sp³-hybridized carbons (Fsp3) is 0.800. The highest BCUT2D eigenvalue weighted by Crippen LogP contribution is 2.37. The summed E-state index contributed by atoms with van der Waals surface area (Å²) in [6, 6.07) is 0. The number of ketones is 1. The Morgan fingerprint density at radius 3 is 1.70 bits per heavy atom. The summed E-state index contributed by atoms with van der Waals surface area (Å²) in [5, 5.41) is 0. The molecule has 0 saturated carbocycles. The first-order valence-electron chi connectivity index (χ1n) is 11.4. The lowest BCUT2D eigenvalue weighted by molar-refractivity contribution is -0.111. The minimum absolute atomic E-state index is 0.0573. The van der Waals surface area contributed by atoms with Crippen LogP contribution in [0.2, 0.25) is 0 Å². The maximum absolute atomic E-state index is 11.9. The first kappa shape index (κ1) is 24.1. The van der Waals surface area contributed by atoms with Crippen molar-refractivity contribution in [2.45, 2.75) is 111 Å². The van der Waals surface area contributed by atoms with Gasteiger partial charge in [0.15, 0.2) is 5.78 Å². The van der Waals surface area contributed by atoms with E-state index in [0.717, 1.165) is 18.6 Å². The maximum Gasteiger partial charge on any atom is 0.181 e. The van der Waals surface area contributed by atoms with Gasteiger partial charge in [-0.15, -0.1) is 0 Å². The standard InChI is InChI=1S/C25H44O2/c1-22-23(25(2,3)20-19-24(22)26)18-16-14-12-10-8-6-5-7-9-11-13-15-17-21-27-4/h19-20H,5-18,21H2,1-4H3. The molecule has 0 heterocycles. The number of hydrogen-bond donors (Lipinski definition) is 0. The molecule has 0 aromatic rings. The third-order valence-corrected chi connectivity index (χ3v) is 6.03. The molecule has 2 heteroatoms. The van der Waals surface area contributed by atoms with Crippen molar-refractivity contribution in [3.05, 3.63) is 23.3 Å². The van der Waals surface area contributed by atoms with Crippen LogP contribution >= 0.6 is 0 Å². The van der Waals surface area contributed by atoms with Gasteiger partial charge < -0.3 is 4.74 Å². The van der Waals surface area contributed by atoms with Crippen LogP contribution in [0.15, 0.2) is 23.3 Å². The van der Waals surface area contributed by atoms with Crippen LogP contribution in [0, 0.1) is 5.41 Å². The third-order valence-electron chi connectivity index (χ3n) is 6.03. The predicted molar refractivity (Wildman–Crippen MR) is 117 cm³/mol. The average molecular weight is 377 g/mol. The molecule has 0 radical (unpaired) electrons. The molecule has 0 N–H and O–H groups in total. The number of carbonyl (C=O) groups is 1. The van der Waals surface area contributed by atoms with Gasteiger partial charge in [-0.2, -0.15) is 0 Å². The van der Waals surface area contributed by atoms with Gasteiger partial charge in [0.1, 0.15) is 0 Å². The van der Waals surface area contributed by atoms with Gasteiger partial charge in [-0.3, -0.25) is 4.79 Å². The van der Waals surface area contributed by atoms with Gasteiger partial charge in [0.25, 0.3) is 0 Å². The lowest BCUT2D eigenvalue weighted by Crippen LogP contribution is -2.20. The van der Waals surface area contributed by atoms with Crippen LogP contribution in [0.25, 0.3) is 0 Å². The predicted octanol–water partition coefficient (Wildman–Crippen LogP) is 7.58. The van der Waals surface area contributed by atoms with Crippen LogP contribution in [0.1, 0.15) is 111 Å². The molecule has 1 aliphatic carbocycles. The van der Waals surface area contributed by atoms with E-state index in [4.69, 9.17) is 4.74 Å². The molecule has 0 atom stereocenters. The summed E-state index contributed by atoms with van der Waals surface area (Å²) in [7, 11) is 1.79. The van der Waals surface area contributed by atoms with Crippen LogP contribution in [-0.2, 0) is 9.53 Å². The maximum atomic E-state index is 11.9. The Morgan fingerprint density at radius 1 is 0.778 bits per heavy atom. The quantitative estimate of drug-likeness (QED) is 0.260. The van der Waals surface area contributed by atoms with Crippen molar-refractivity contribution in [1.82, 2.24) is 0 Å². The third kappa shape index (κ3) is 10.3. The van der Waals surface area contributed by atoms with Gasteiger partial charge in [-0.1, -0.05) is 96.1 Å². The molecule has 0 bridgehead atoms. The van der Waals surface area contributed by atoms with E-state index in [9.17, 15) is 4.79 Å². The molecule has 0 aromatic carbocycles. The summed E-state index contributed by atoms with van der Waals surface area (Å²) in [5.41, 5.74) is 2.40. The summed E-state index contributed by atoms with van der Waals surface area (Å²) < 4.78 is 5.08. The van der Waals surface area contributed by atoms with Gasteiger partial charge >= 0.3 is 0 Å². The highest BCUT2D eigenvalue weighted by molar-refractivity contribution is 6.05. The number of methoxy groups -OCH3 is 1. The zero-order valence-electron chi connectivity index (χ0n) is 18.6. The number of hydrogen-bond acceptors (Lipinski definition) is 2. The molecule has 2 nitrogen and oxygen atoms in total. The fourth-order valence-electron chi connectivity index (χ4n) is 4.14. The SMILES string of the molecule is COCCCCCCCCCCCCCCCC1=C(C)C(=O)C=CC1(C)C. The summed E-state index contributed by atoms with van der Waals surface area (Å²) in [5.74, 6) is 0.208. The molecule has 1 aliphatic rings.